The van der Waals surface area contributed by atoms with Gasteiger partial charge in [0.05, 0.1) is 0 Å². The molecule has 1 saturated heterocycles. The lowest BCUT2D eigenvalue weighted by Crippen LogP contribution is -2.49. The van der Waals surface area contributed by atoms with E-state index in [1.54, 1.807) is 12.1 Å². The second-order valence-electron chi connectivity index (χ2n) is 7.94. The molecule has 2 aliphatic rings. The minimum atomic E-state index is -0.328. The van der Waals surface area contributed by atoms with Crippen LogP contribution in [0, 0.1) is 11.7 Å². The molecule has 2 amide bonds. The summed E-state index contributed by atoms with van der Waals surface area (Å²) in [5, 5.41) is 5.04. The highest BCUT2D eigenvalue weighted by Crippen LogP contribution is 2.32. The van der Waals surface area contributed by atoms with Crippen molar-refractivity contribution < 1.29 is 9.18 Å². The number of amides is 2. The van der Waals surface area contributed by atoms with E-state index in [4.69, 9.17) is 0 Å². The zero-order valence-electron chi connectivity index (χ0n) is 16.1. The third-order valence-electron chi connectivity index (χ3n) is 5.74. The number of thiophene rings is 1. The first-order valence-electron chi connectivity index (χ1n) is 10.3. The molecule has 2 aromatic rings. The van der Waals surface area contributed by atoms with Crippen LogP contribution in [0.15, 0.2) is 41.8 Å². The molecule has 0 bridgehead atoms. The van der Waals surface area contributed by atoms with Crippen LogP contribution in [0.1, 0.15) is 30.6 Å². The van der Waals surface area contributed by atoms with E-state index >= 15 is 0 Å². The molecular weight excluding hydrogens is 373 g/mol. The second-order valence-corrected chi connectivity index (χ2v) is 8.97. The fraction of sp³-hybridized carbons (Fsp3) is 0.500. The monoisotopic (exact) mass is 401 g/mol. The van der Waals surface area contributed by atoms with Crippen LogP contribution in [-0.2, 0) is 6.42 Å². The number of hydrogen-bond donors (Lipinski definition) is 1. The molecule has 1 aromatic carbocycles. The van der Waals surface area contributed by atoms with Crippen molar-refractivity contribution in [3.63, 3.8) is 0 Å². The Labute approximate surface area is 170 Å². The molecule has 1 aromatic heterocycles. The van der Waals surface area contributed by atoms with Gasteiger partial charge in [-0.2, -0.15) is 0 Å². The third kappa shape index (κ3) is 5.32. The zero-order chi connectivity index (χ0) is 19.3. The fourth-order valence-corrected chi connectivity index (χ4v) is 4.61. The van der Waals surface area contributed by atoms with Crippen molar-refractivity contribution in [3.05, 3.63) is 52.5 Å². The molecule has 6 heteroatoms. The normalized spacial score (nSPS) is 18.2. The molecule has 1 aliphatic carbocycles. The van der Waals surface area contributed by atoms with Crippen molar-refractivity contribution in [2.75, 3.05) is 31.5 Å². The van der Waals surface area contributed by atoms with Crippen molar-refractivity contribution >= 4 is 23.1 Å². The molecule has 150 valence electrons. The van der Waals surface area contributed by atoms with E-state index in [9.17, 15) is 9.18 Å². The van der Waals surface area contributed by atoms with Crippen molar-refractivity contribution in [3.8, 4) is 0 Å². The summed E-state index contributed by atoms with van der Waals surface area (Å²) in [6.07, 6.45) is 5.54. The number of likely N-dealkylation sites (tertiary alicyclic amines) is 1. The van der Waals surface area contributed by atoms with Gasteiger partial charge in [-0.1, -0.05) is 12.1 Å². The molecular formula is C22H28FN3OS. The van der Waals surface area contributed by atoms with Crippen LogP contribution >= 0.6 is 11.3 Å². The van der Waals surface area contributed by atoms with Gasteiger partial charge >= 0.3 is 6.03 Å². The van der Waals surface area contributed by atoms with Gasteiger partial charge < -0.3 is 15.1 Å². The first-order valence-corrected chi connectivity index (χ1v) is 11.1. The lowest BCUT2D eigenvalue weighted by Gasteiger charge is -2.38. The molecule has 28 heavy (non-hydrogen) atoms. The Bertz CT molecular complexity index is 770. The molecule has 1 N–H and O–H groups in total. The molecule has 1 aliphatic heterocycles. The molecule has 2 heterocycles. The van der Waals surface area contributed by atoms with Crippen LogP contribution in [-0.4, -0.2) is 48.1 Å². The molecule has 4 rings (SSSR count). The SMILES string of the molecule is O=C(Nc1cccc(F)c1)N(CC1CC1)C1CCN(CCc2cccs2)CC1. The summed E-state index contributed by atoms with van der Waals surface area (Å²) in [4.78, 5) is 18.9. The molecule has 0 radical (unpaired) electrons. The Morgan fingerprint density at radius 3 is 2.68 bits per heavy atom. The predicted molar refractivity (Wildman–Crippen MR) is 112 cm³/mol. The molecule has 0 unspecified atom stereocenters. The first kappa shape index (κ1) is 19.4. The van der Waals surface area contributed by atoms with Crippen LogP contribution in [0.25, 0.3) is 0 Å². The molecule has 4 nitrogen and oxygen atoms in total. The Morgan fingerprint density at radius 1 is 1.18 bits per heavy atom. The highest BCUT2D eigenvalue weighted by molar-refractivity contribution is 7.09. The van der Waals surface area contributed by atoms with E-state index in [1.165, 1.54) is 29.9 Å². The van der Waals surface area contributed by atoms with Gasteiger partial charge in [0.15, 0.2) is 0 Å². The van der Waals surface area contributed by atoms with E-state index in [0.717, 1.165) is 45.4 Å². The average Bonchev–Trinajstić information content (AvgIpc) is 3.37. The van der Waals surface area contributed by atoms with Crippen molar-refractivity contribution in [2.24, 2.45) is 5.92 Å². The largest absolute Gasteiger partial charge is 0.322 e. The Morgan fingerprint density at radius 2 is 2.00 bits per heavy atom. The predicted octanol–water partition coefficient (Wildman–Crippen LogP) is 4.84. The van der Waals surface area contributed by atoms with Gasteiger partial charge in [0, 0.05) is 42.8 Å². The minimum Gasteiger partial charge on any atom is -0.321 e. The van der Waals surface area contributed by atoms with Gasteiger partial charge in [0.25, 0.3) is 0 Å². The van der Waals surface area contributed by atoms with E-state index in [2.05, 4.69) is 27.7 Å². The number of nitrogens with zero attached hydrogens (tertiary/aromatic N) is 2. The number of carbonyl (C=O) groups is 1. The maximum absolute atomic E-state index is 13.4. The summed E-state index contributed by atoms with van der Waals surface area (Å²) in [6, 6.07) is 10.6. The van der Waals surface area contributed by atoms with E-state index < -0.39 is 0 Å². The average molecular weight is 402 g/mol. The lowest BCUT2D eigenvalue weighted by atomic mass is 10.0. The molecule has 0 atom stereocenters. The van der Waals surface area contributed by atoms with Crippen LogP contribution in [0.3, 0.4) is 0 Å². The van der Waals surface area contributed by atoms with Gasteiger partial charge in [-0.25, -0.2) is 9.18 Å². The van der Waals surface area contributed by atoms with Crippen molar-refractivity contribution in [1.82, 2.24) is 9.80 Å². The Kier molecular flexibility index (Phi) is 6.27. The van der Waals surface area contributed by atoms with Crippen LogP contribution < -0.4 is 5.32 Å². The summed E-state index contributed by atoms with van der Waals surface area (Å²) >= 11 is 1.82. The van der Waals surface area contributed by atoms with Gasteiger partial charge in [-0.3, -0.25) is 0 Å². The summed E-state index contributed by atoms with van der Waals surface area (Å²) in [7, 11) is 0. The van der Waals surface area contributed by atoms with Crippen LogP contribution in [0.5, 0.6) is 0 Å². The number of piperidine rings is 1. The Hall–Kier alpha value is -1.92. The fourth-order valence-electron chi connectivity index (χ4n) is 3.92. The van der Waals surface area contributed by atoms with Gasteiger partial charge in [-0.05, 0) is 67.7 Å². The van der Waals surface area contributed by atoms with E-state index in [0.29, 0.717) is 11.6 Å². The lowest BCUT2D eigenvalue weighted by molar-refractivity contribution is 0.125. The zero-order valence-corrected chi connectivity index (χ0v) is 17.0. The molecule has 1 saturated carbocycles. The van der Waals surface area contributed by atoms with E-state index in [-0.39, 0.29) is 17.9 Å². The maximum Gasteiger partial charge on any atom is 0.322 e. The molecule has 0 spiro atoms. The standard InChI is InChI=1S/C22H28FN3OS/c23-18-3-1-4-19(15-18)24-22(27)26(16-17-6-7-17)20-8-11-25(12-9-20)13-10-21-5-2-14-28-21/h1-5,14-15,17,20H,6-13,16H2,(H,24,27). The summed E-state index contributed by atoms with van der Waals surface area (Å²) < 4.78 is 13.4. The summed E-state index contributed by atoms with van der Waals surface area (Å²) in [6.45, 7) is 3.97. The Balaban J connectivity index is 1.32. The number of rotatable bonds is 7. The van der Waals surface area contributed by atoms with Gasteiger partial charge in [0.1, 0.15) is 5.82 Å². The number of benzene rings is 1. The second kappa shape index (κ2) is 9.05. The van der Waals surface area contributed by atoms with Crippen LogP contribution in [0.2, 0.25) is 0 Å². The highest BCUT2D eigenvalue weighted by atomic mass is 32.1. The highest BCUT2D eigenvalue weighted by Gasteiger charge is 2.33. The van der Waals surface area contributed by atoms with Gasteiger partial charge in [0.2, 0.25) is 0 Å². The maximum atomic E-state index is 13.4. The number of halogens is 1. The number of urea groups is 1. The first-order chi connectivity index (χ1) is 13.7. The van der Waals surface area contributed by atoms with Crippen LogP contribution in [0.4, 0.5) is 14.9 Å². The van der Waals surface area contributed by atoms with Crippen molar-refractivity contribution in [1.29, 1.82) is 0 Å². The third-order valence-corrected chi connectivity index (χ3v) is 6.68. The number of nitrogens with one attached hydrogen (secondary N) is 1. The summed E-state index contributed by atoms with van der Waals surface area (Å²) in [5.41, 5.74) is 0.527. The minimum absolute atomic E-state index is 0.0884. The van der Waals surface area contributed by atoms with E-state index in [1.807, 2.05) is 16.2 Å². The molecule has 2 fully saturated rings. The van der Waals surface area contributed by atoms with Crippen molar-refractivity contribution in [2.45, 2.75) is 38.1 Å². The smallest absolute Gasteiger partial charge is 0.321 e. The topological polar surface area (TPSA) is 35.6 Å². The van der Waals surface area contributed by atoms with Gasteiger partial charge in [-0.15, -0.1) is 11.3 Å². The quantitative estimate of drug-likeness (QED) is 0.721. The number of anilines is 1. The summed E-state index contributed by atoms with van der Waals surface area (Å²) in [5.74, 6) is 0.306. The number of hydrogen-bond acceptors (Lipinski definition) is 3. The number of carbonyl (C=O) groups excluding carboxylic acids is 1.